The molecule has 2 rings (SSSR count). The van der Waals surface area contributed by atoms with Crippen molar-refractivity contribution in [1.82, 2.24) is 4.31 Å². The highest BCUT2D eigenvalue weighted by Crippen LogP contribution is 2.31. The van der Waals surface area contributed by atoms with Crippen LogP contribution in [0.2, 0.25) is 0 Å². The molecule has 1 aliphatic rings. The van der Waals surface area contributed by atoms with E-state index >= 15 is 0 Å². The summed E-state index contributed by atoms with van der Waals surface area (Å²) < 4.78 is 32.8. The monoisotopic (exact) mass is 382 g/mol. The molecule has 1 aliphatic heterocycles. The van der Waals surface area contributed by atoms with Crippen LogP contribution in [-0.2, 0) is 14.8 Å². The van der Waals surface area contributed by atoms with Gasteiger partial charge in [0.2, 0.25) is 15.9 Å². The summed E-state index contributed by atoms with van der Waals surface area (Å²) in [6, 6.07) is 4.78. The zero-order valence-corrected chi connectivity index (χ0v) is 16.8. The summed E-state index contributed by atoms with van der Waals surface area (Å²) in [6.45, 7) is 5.19. The molecular formula is C19H30N2O4S. The Kier molecular flexibility index (Phi) is 7.46. The Morgan fingerprint density at radius 1 is 1.27 bits per heavy atom. The molecule has 0 aliphatic carbocycles. The number of sulfonamides is 1. The summed E-state index contributed by atoms with van der Waals surface area (Å²) >= 11 is 0. The first-order valence-corrected chi connectivity index (χ1v) is 10.8. The van der Waals surface area contributed by atoms with E-state index in [0.717, 1.165) is 32.1 Å². The number of rotatable bonds is 8. The molecule has 0 saturated carbocycles. The van der Waals surface area contributed by atoms with Crippen LogP contribution in [0.3, 0.4) is 0 Å². The SMILES string of the molecule is CCCC(C)CC(=O)Nc1ccc(OC)c(S(=O)(=O)N2CCCCC2)c1. The Morgan fingerprint density at radius 2 is 1.96 bits per heavy atom. The Morgan fingerprint density at radius 3 is 2.58 bits per heavy atom. The Labute approximate surface area is 157 Å². The Bertz CT molecular complexity index is 712. The van der Waals surface area contributed by atoms with Crippen LogP contribution in [0.4, 0.5) is 5.69 Å². The van der Waals surface area contributed by atoms with E-state index in [9.17, 15) is 13.2 Å². The molecule has 0 spiro atoms. The van der Waals surface area contributed by atoms with Crippen molar-refractivity contribution in [3.63, 3.8) is 0 Å². The standard InChI is InChI=1S/C19H30N2O4S/c1-4-8-15(2)13-19(22)20-16-9-10-17(25-3)18(14-16)26(23,24)21-11-6-5-7-12-21/h9-10,14-15H,4-8,11-13H2,1-3H3,(H,20,22). The van der Waals surface area contributed by atoms with Crippen molar-refractivity contribution < 1.29 is 17.9 Å². The number of carbonyl (C=O) groups is 1. The van der Waals surface area contributed by atoms with E-state index in [2.05, 4.69) is 12.2 Å². The van der Waals surface area contributed by atoms with Gasteiger partial charge in [0, 0.05) is 25.2 Å². The van der Waals surface area contributed by atoms with Gasteiger partial charge in [0.25, 0.3) is 0 Å². The number of hydrogen-bond donors (Lipinski definition) is 1. The average molecular weight is 383 g/mol. The van der Waals surface area contributed by atoms with Gasteiger partial charge in [-0.05, 0) is 37.0 Å². The van der Waals surface area contributed by atoms with E-state index in [1.165, 1.54) is 17.5 Å². The Balaban J connectivity index is 2.21. The first-order valence-electron chi connectivity index (χ1n) is 9.36. The molecule has 1 saturated heterocycles. The van der Waals surface area contributed by atoms with E-state index in [-0.39, 0.29) is 10.8 Å². The van der Waals surface area contributed by atoms with Crippen LogP contribution in [0.5, 0.6) is 5.75 Å². The molecule has 0 bridgehead atoms. The number of ether oxygens (including phenoxy) is 1. The minimum atomic E-state index is -3.64. The third-order valence-electron chi connectivity index (χ3n) is 4.70. The topological polar surface area (TPSA) is 75.7 Å². The van der Waals surface area contributed by atoms with Gasteiger partial charge < -0.3 is 10.1 Å². The van der Waals surface area contributed by atoms with Crippen molar-refractivity contribution in [2.75, 3.05) is 25.5 Å². The number of piperidine rings is 1. The quantitative estimate of drug-likeness (QED) is 0.745. The number of hydrogen-bond acceptors (Lipinski definition) is 4. The predicted molar refractivity (Wildman–Crippen MR) is 103 cm³/mol. The van der Waals surface area contributed by atoms with E-state index in [4.69, 9.17) is 4.74 Å². The van der Waals surface area contributed by atoms with Gasteiger partial charge in [0.15, 0.2) is 0 Å². The molecule has 1 atom stereocenters. The molecular weight excluding hydrogens is 352 g/mol. The number of nitrogens with one attached hydrogen (secondary N) is 1. The van der Waals surface area contributed by atoms with Crippen molar-refractivity contribution in [3.8, 4) is 5.75 Å². The zero-order valence-electron chi connectivity index (χ0n) is 16.0. The highest BCUT2D eigenvalue weighted by atomic mass is 32.2. The van der Waals surface area contributed by atoms with E-state index < -0.39 is 10.0 Å². The van der Waals surface area contributed by atoms with E-state index in [0.29, 0.717) is 36.9 Å². The van der Waals surface area contributed by atoms with Gasteiger partial charge >= 0.3 is 0 Å². The molecule has 1 amide bonds. The molecule has 1 fully saturated rings. The molecule has 0 aromatic heterocycles. The van der Waals surface area contributed by atoms with Gasteiger partial charge in [-0.1, -0.05) is 33.1 Å². The van der Waals surface area contributed by atoms with Gasteiger partial charge in [-0.25, -0.2) is 8.42 Å². The summed E-state index contributed by atoms with van der Waals surface area (Å²) in [7, 11) is -2.18. The highest BCUT2D eigenvalue weighted by Gasteiger charge is 2.29. The molecule has 0 radical (unpaired) electrons. The lowest BCUT2D eigenvalue weighted by atomic mass is 10.0. The lowest BCUT2D eigenvalue weighted by Crippen LogP contribution is -2.35. The van der Waals surface area contributed by atoms with E-state index in [1.807, 2.05) is 6.92 Å². The molecule has 1 aromatic rings. The van der Waals surface area contributed by atoms with Gasteiger partial charge in [-0.2, -0.15) is 4.31 Å². The van der Waals surface area contributed by atoms with Gasteiger partial charge in [-0.3, -0.25) is 4.79 Å². The summed E-state index contributed by atoms with van der Waals surface area (Å²) in [5, 5.41) is 2.82. The predicted octanol–water partition coefficient (Wildman–Crippen LogP) is 3.63. The fraction of sp³-hybridized carbons (Fsp3) is 0.632. The number of nitrogens with zero attached hydrogens (tertiary/aromatic N) is 1. The van der Waals surface area contributed by atoms with Crippen LogP contribution in [0, 0.1) is 5.92 Å². The number of benzene rings is 1. The summed E-state index contributed by atoms with van der Waals surface area (Å²) in [4.78, 5) is 12.3. The first-order chi connectivity index (χ1) is 12.4. The molecule has 6 nitrogen and oxygen atoms in total. The molecule has 26 heavy (non-hydrogen) atoms. The summed E-state index contributed by atoms with van der Waals surface area (Å²) in [5.74, 6) is 0.500. The maximum Gasteiger partial charge on any atom is 0.246 e. The second-order valence-electron chi connectivity index (χ2n) is 6.98. The van der Waals surface area contributed by atoms with Crippen LogP contribution < -0.4 is 10.1 Å². The van der Waals surface area contributed by atoms with Crippen molar-refractivity contribution in [3.05, 3.63) is 18.2 Å². The van der Waals surface area contributed by atoms with Gasteiger partial charge in [0.1, 0.15) is 10.6 Å². The summed E-state index contributed by atoms with van der Waals surface area (Å²) in [5.41, 5.74) is 0.482. The van der Waals surface area contributed by atoms with Crippen LogP contribution in [-0.4, -0.2) is 38.8 Å². The maximum atomic E-state index is 13.0. The Hall–Kier alpha value is -1.60. The largest absolute Gasteiger partial charge is 0.495 e. The smallest absolute Gasteiger partial charge is 0.246 e. The number of methoxy groups -OCH3 is 1. The summed E-state index contributed by atoms with van der Waals surface area (Å²) in [6.07, 6.45) is 5.24. The van der Waals surface area contributed by atoms with Crippen molar-refractivity contribution in [1.29, 1.82) is 0 Å². The second-order valence-corrected chi connectivity index (χ2v) is 8.88. The number of anilines is 1. The molecule has 1 heterocycles. The lowest BCUT2D eigenvalue weighted by Gasteiger charge is -2.26. The molecule has 146 valence electrons. The fourth-order valence-electron chi connectivity index (χ4n) is 3.32. The number of amides is 1. The highest BCUT2D eigenvalue weighted by molar-refractivity contribution is 7.89. The zero-order chi connectivity index (χ0) is 19.2. The molecule has 7 heteroatoms. The van der Waals surface area contributed by atoms with Gasteiger partial charge in [-0.15, -0.1) is 0 Å². The van der Waals surface area contributed by atoms with Gasteiger partial charge in [0.05, 0.1) is 7.11 Å². The fourth-order valence-corrected chi connectivity index (χ4v) is 5.02. The molecule has 1 aromatic carbocycles. The minimum absolute atomic E-state index is 0.0996. The molecule has 1 N–H and O–H groups in total. The number of carbonyl (C=O) groups excluding carboxylic acids is 1. The second kappa shape index (κ2) is 9.37. The molecule has 1 unspecified atom stereocenters. The van der Waals surface area contributed by atoms with Crippen molar-refractivity contribution >= 4 is 21.6 Å². The lowest BCUT2D eigenvalue weighted by molar-refractivity contribution is -0.117. The normalized spacial score (nSPS) is 16.9. The minimum Gasteiger partial charge on any atom is -0.495 e. The van der Waals surface area contributed by atoms with Crippen LogP contribution in [0.1, 0.15) is 52.4 Å². The third kappa shape index (κ3) is 5.20. The van der Waals surface area contributed by atoms with Crippen LogP contribution in [0.15, 0.2) is 23.1 Å². The van der Waals surface area contributed by atoms with Crippen molar-refractivity contribution in [2.45, 2.75) is 57.3 Å². The van der Waals surface area contributed by atoms with Crippen LogP contribution >= 0.6 is 0 Å². The van der Waals surface area contributed by atoms with Crippen molar-refractivity contribution in [2.24, 2.45) is 5.92 Å². The average Bonchev–Trinajstić information content (AvgIpc) is 2.62. The van der Waals surface area contributed by atoms with Crippen LogP contribution in [0.25, 0.3) is 0 Å². The first kappa shape index (κ1) is 20.7. The maximum absolute atomic E-state index is 13.0. The third-order valence-corrected chi connectivity index (χ3v) is 6.62. The van der Waals surface area contributed by atoms with E-state index in [1.54, 1.807) is 12.1 Å².